The molecule has 0 aromatic heterocycles. The van der Waals surface area contributed by atoms with E-state index in [1.54, 1.807) is 24.3 Å². The first-order valence-electron chi connectivity index (χ1n) is 8.10. The molecule has 0 heterocycles. The maximum Gasteiger partial charge on any atom is 0.262 e. The van der Waals surface area contributed by atoms with Crippen molar-refractivity contribution in [1.29, 1.82) is 0 Å². The zero-order valence-electron chi connectivity index (χ0n) is 14.0. The van der Waals surface area contributed by atoms with Crippen LogP contribution in [-0.2, 0) is 4.79 Å². The number of hydrogen-bond acceptors (Lipinski definition) is 3. The van der Waals surface area contributed by atoms with Crippen LogP contribution < -0.4 is 15.8 Å². The third-order valence-corrected chi connectivity index (χ3v) is 3.78. The summed E-state index contributed by atoms with van der Waals surface area (Å²) in [5.74, 6) is -0.165. The van der Waals surface area contributed by atoms with Crippen molar-refractivity contribution in [2.24, 2.45) is 5.73 Å². The fraction of sp³-hybridized carbons (Fsp3) is 0.0476. The Morgan fingerprint density at radius 2 is 1.50 bits per heavy atom. The number of para-hydroxylation sites is 1. The number of carbonyl (C=O) groups is 2. The van der Waals surface area contributed by atoms with Gasteiger partial charge in [0.1, 0.15) is 5.75 Å². The lowest BCUT2D eigenvalue weighted by Gasteiger charge is -2.12. The van der Waals surface area contributed by atoms with Crippen LogP contribution in [0.15, 0.2) is 78.9 Å². The summed E-state index contributed by atoms with van der Waals surface area (Å²) in [7, 11) is 0. The zero-order chi connectivity index (χ0) is 18.4. The molecule has 0 aliphatic rings. The number of rotatable bonds is 6. The van der Waals surface area contributed by atoms with Gasteiger partial charge < -0.3 is 15.8 Å². The fourth-order valence-corrected chi connectivity index (χ4v) is 2.51. The van der Waals surface area contributed by atoms with E-state index < -0.39 is 5.91 Å². The Morgan fingerprint density at radius 1 is 0.846 bits per heavy atom. The summed E-state index contributed by atoms with van der Waals surface area (Å²) in [6.45, 7) is -0.124. The van der Waals surface area contributed by atoms with Crippen LogP contribution in [0.3, 0.4) is 0 Å². The average Bonchev–Trinajstić information content (AvgIpc) is 2.68. The van der Waals surface area contributed by atoms with E-state index in [4.69, 9.17) is 10.5 Å². The topological polar surface area (TPSA) is 81.4 Å². The van der Waals surface area contributed by atoms with Gasteiger partial charge in [0, 0.05) is 16.8 Å². The maximum atomic E-state index is 12.1. The van der Waals surface area contributed by atoms with Crippen molar-refractivity contribution in [3.8, 4) is 16.9 Å². The van der Waals surface area contributed by atoms with E-state index in [1.165, 1.54) is 0 Å². The predicted octanol–water partition coefficient (Wildman–Crippen LogP) is 3.47. The molecule has 0 atom stereocenters. The first-order chi connectivity index (χ1) is 12.6. The van der Waals surface area contributed by atoms with Gasteiger partial charge >= 0.3 is 0 Å². The first kappa shape index (κ1) is 17.2. The lowest BCUT2D eigenvalue weighted by Crippen LogP contribution is -2.20. The minimum Gasteiger partial charge on any atom is -0.483 e. The van der Waals surface area contributed by atoms with Crippen LogP contribution in [0, 0.1) is 0 Å². The maximum absolute atomic E-state index is 12.1. The Balaban J connectivity index is 1.64. The Morgan fingerprint density at radius 3 is 2.19 bits per heavy atom. The lowest BCUT2D eigenvalue weighted by molar-refractivity contribution is -0.118. The molecule has 0 unspecified atom stereocenters. The van der Waals surface area contributed by atoms with Crippen molar-refractivity contribution in [2.75, 3.05) is 11.9 Å². The van der Waals surface area contributed by atoms with Gasteiger partial charge in [0.15, 0.2) is 6.61 Å². The molecule has 26 heavy (non-hydrogen) atoms. The number of carbonyl (C=O) groups excluding carboxylic acids is 2. The second-order valence-corrected chi connectivity index (χ2v) is 5.64. The van der Waals surface area contributed by atoms with E-state index >= 15 is 0 Å². The SMILES string of the molecule is NC(=O)c1ccc(NC(=O)COc2ccccc2-c2ccccc2)cc1. The minimum atomic E-state index is -0.510. The van der Waals surface area contributed by atoms with Gasteiger partial charge in [-0.15, -0.1) is 0 Å². The quantitative estimate of drug-likeness (QED) is 0.717. The van der Waals surface area contributed by atoms with Crippen molar-refractivity contribution >= 4 is 17.5 Å². The summed E-state index contributed by atoms with van der Waals surface area (Å²) in [4.78, 5) is 23.2. The second kappa shape index (κ2) is 7.98. The zero-order valence-corrected chi connectivity index (χ0v) is 14.0. The molecule has 3 rings (SSSR count). The standard InChI is InChI=1S/C21H18N2O3/c22-21(25)16-10-12-17(13-11-16)23-20(24)14-26-19-9-5-4-8-18(19)15-6-2-1-3-7-15/h1-13H,14H2,(H2,22,25)(H,23,24). The highest BCUT2D eigenvalue weighted by Crippen LogP contribution is 2.29. The number of nitrogens with two attached hydrogens (primary N) is 1. The fourth-order valence-electron chi connectivity index (χ4n) is 2.51. The number of anilines is 1. The van der Waals surface area contributed by atoms with E-state index in [0.717, 1.165) is 11.1 Å². The summed E-state index contributed by atoms with van der Waals surface area (Å²) in [6, 6.07) is 23.8. The normalized spacial score (nSPS) is 10.2. The van der Waals surface area contributed by atoms with Gasteiger partial charge in [-0.25, -0.2) is 0 Å². The first-order valence-corrected chi connectivity index (χ1v) is 8.10. The molecule has 0 spiro atoms. The van der Waals surface area contributed by atoms with E-state index in [2.05, 4.69) is 5.32 Å². The lowest BCUT2D eigenvalue weighted by atomic mass is 10.1. The van der Waals surface area contributed by atoms with Gasteiger partial charge in [-0.3, -0.25) is 9.59 Å². The molecule has 3 aromatic rings. The summed E-state index contributed by atoms with van der Waals surface area (Å²) in [5.41, 5.74) is 8.09. The number of benzene rings is 3. The van der Waals surface area contributed by atoms with Crippen molar-refractivity contribution in [3.63, 3.8) is 0 Å². The van der Waals surface area contributed by atoms with Gasteiger partial charge in [-0.05, 0) is 35.9 Å². The molecule has 3 aromatic carbocycles. The van der Waals surface area contributed by atoms with Crippen molar-refractivity contribution in [2.45, 2.75) is 0 Å². The molecular weight excluding hydrogens is 328 g/mol. The van der Waals surface area contributed by atoms with Crippen molar-refractivity contribution in [3.05, 3.63) is 84.4 Å². The number of ether oxygens (including phenoxy) is 1. The molecular formula is C21H18N2O3. The number of hydrogen-bond donors (Lipinski definition) is 2. The average molecular weight is 346 g/mol. The van der Waals surface area contributed by atoms with Crippen LogP contribution in [0.25, 0.3) is 11.1 Å². The summed E-state index contributed by atoms with van der Waals surface area (Å²) in [6.07, 6.45) is 0. The van der Waals surface area contributed by atoms with E-state index in [1.807, 2.05) is 54.6 Å². The number of amides is 2. The van der Waals surface area contributed by atoms with Crippen LogP contribution in [-0.4, -0.2) is 18.4 Å². The number of primary amides is 1. The highest BCUT2D eigenvalue weighted by molar-refractivity contribution is 5.95. The molecule has 0 saturated heterocycles. The Hall–Kier alpha value is -3.60. The van der Waals surface area contributed by atoms with Crippen molar-refractivity contribution in [1.82, 2.24) is 0 Å². The Bertz CT molecular complexity index is 906. The molecule has 0 aliphatic carbocycles. The van der Waals surface area contributed by atoms with E-state index in [9.17, 15) is 9.59 Å². The monoisotopic (exact) mass is 346 g/mol. The largest absolute Gasteiger partial charge is 0.483 e. The third-order valence-electron chi connectivity index (χ3n) is 3.78. The summed E-state index contributed by atoms with van der Waals surface area (Å²) in [5, 5.41) is 2.72. The van der Waals surface area contributed by atoms with Gasteiger partial charge in [0.25, 0.3) is 5.91 Å². The predicted molar refractivity (Wildman–Crippen MR) is 101 cm³/mol. The minimum absolute atomic E-state index is 0.124. The van der Waals surface area contributed by atoms with Gasteiger partial charge in [-0.2, -0.15) is 0 Å². The summed E-state index contributed by atoms with van der Waals surface area (Å²) >= 11 is 0. The molecule has 0 fully saturated rings. The molecule has 3 N–H and O–H groups in total. The molecule has 5 heteroatoms. The van der Waals surface area contributed by atoms with Crippen LogP contribution in [0.4, 0.5) is 5.69 Å². The Kier molecular flexibility index (Phi) is 5.29. The van der Waals surface area contributed by atoms with Gasteiger partial charge in [0.2, 0.25) is 5.91 Å². The van der Waals surface area contributed by atoms with Gasteiger partial charge in [-0.1, -0.05) is 48.5 Å². The highest BCUT2D eigenvalue weighted by atomic mass is 16.5. The smallest absolute Gasteiger partial charge is 0.262 e. The number of nitrogens with one attached hydrogen (secondary N) is 1. The van der Waals surface area contributed by atoms with Crippen LogP contribution in [0.2, 0.25) is 0 Å². The molecule has 5 nitrogen and oxygen atoms in total. The molecule has 130 valence electrons. The molecule has 2 amide bonds. The van der Waals surface area contributed by atoms with Crippen LogP contribution in [0.5, 0.6) is 5.75 Å². The van der Waals surface area contributed by atoms with Crippen molar-refractivity contribution < 1.29 is 14.3 Å². The summed E-state index contributed by atoms with van der Waals surface area (Å²) < 4.78 is 5.70. The molecule has 0 radical (unpaired) electrons. The van der Waals surface area contributed by atoms with Gasteiger partial charge in [0.05, 0.1) is 0 Å². The Labute approximate surface area is 151 Å². The second-order valence-electron chi connectivity index (χ2n) is 5.64. The molecule has 0 aliphatic heterocycles. The van der Waals surface area contributed by atoms with Crippen LogP contribution >= 0.6 is 0 Å². The van der Waals surface area contributed by atoms with E-state index in [-0.39, 0.29) is 12.5 Å². The van der Waals surface area contributed by atoms with Crippen LogP contribution in [0.1, 0.15) is 10.4 Å². The third kappa shape index (κ3) is 4.27. The highest BCUT2D eigenvalue weighted by Gasteiger charge is 2.09. The van der Waals surface area contributed by atoms with E-state index in [0.29, 0.717) is 17.0 Å². The molecule has 0 saturated carbocycles. The molecule has 0 bridgehead atoms.